The van der Waals surface area contributed by atoms with Gasteiger partial charge in [-0.1, -0.05) is 32.9 Å². The molecule has 0 fully saturated rings. The lowest BCUT2D eigenvalue weighted by Crippen LogP contribution is -2.41. The Bertz CT molecular complexity index is 724. The van der Waals surface area contributed by atoms with Gasteiger partial charge in [-0.3, -0.25) is 20.4 Å². The summed E-state index contributed by atoms with van der Waals surface area (Å²) < 4.78 is 0. The highest BCUT2D eigenvalue weighted by atomic mass is 32.1. The minimum absolute atomic E-state index is 0.0392. The monoisotopic (exact) mass is 330 g/mol. The van der Waals surface area contributed by atoms with Crippen LogP contribution in [0.25, 0.3) is 0 Å². The zero-order valence-corrected chi connectivity index (χ0v) is 14.9. The topological polar surface area (TPSA) is 58.2 Å². The maximum atomic E-state index is 12.1. The SMILES string of the molecule is Cc1cc(C(=O)NNC(=O)c2ccc(C(C)(C)C)cc2)c(C)s1. The fourth-order valence-corrected chi connectivity index (χ4v) is 3.15. The number of hydrogen-bond donors (Lipinski definition) is 2. The van der Waals surface area contributed by atoms with Crippen molar-refractivity contribution in [2.24, 2.45) is 0 Å². The normalized spacial score (nSPS) is 11.2. The summed E-state index contributed by atoms with van der Waals surface area (Å²) in [5.74, 6) is -0.630. The van der Waals surface area contributed by atoms with Crippen molar-refractivity contribution in [3.05, 3.63) is 56.8 Å². The van der Waals surface area contributed by atoms with Crippen molar-refractivity contribution in [3.63, 3.8) is 0 Å². The van der Waals surface area contributed by atoms with Crippen LogP contribution in [0, 0.1) is 13.8 Å². The molecule has 1 aromatic heterocycles. The molecule has 2 rings (SSSR count). The number of rotatable bonds is 2. The van der Waals surface area contributed by atoms with Gasteiger partial charge in [-0.25, -0.2) is 0 Å². The first-order chi connectivity index (χ1) is 10.7. The van der Waals surface area contributed by atoms with E-state index >= 15 is 0 Å². The Morgan fingerprint density at radius 3 is 2.00 bits per heavy atom. The molecule has 0 radical (unpaired) electrons. The lowest BCUT2D eigenvalue weighted by molar-refractivity contribution is 0.0846. The predicted molar refractivity (Wildman–Crippen MR) is 93.9 cm³/mol. The van der Waals surface area contributed by atoms with E-state index in [-0.39, 0.29) is 17.2 Å². The highest BCUT2D eigenvalue weighted by Crippen LogP contribution is 2.22. The van der Waals surface area contributed by atoms with E-state index in [1.54, 1.807) is 23.5 Å². The number of carbonyl (C=O) groups is 2. The molecule has 0 aliphatic carbocycles. The van der Waals surface area contributed by atoms with E-state index in [0.29, 0.717) is 11.1 Å². The molecule has 0 saturated carbocycles. The molecule has 0 bridgehead atoms. The first-order valence-corrected chi connectivity index (χ1v) is 8.28. The van der Waals surface area contributed by atoms with E-state index in [4.69, 9.17) is 0 Å². The molecule has 0 unspecified atom stereocenters. The summed E-state index contributed by atoms with van der Waals surface area (Å²) >= 11 is 1.56. The van der Waals surface area contributed by atoms with Crippen LogP contribution >= 0.6 is 11.3 Å². The Kier molecular flexibility index (Phi) is 4.90. The van der Waals surface area contributed by atoms with Crippen LogP contribution in [0.15, 0.2) is 30.3 Å². The van der Waals surface area contributed by atoms with E-state index in [2.05, 4.69) is 31.6 Å². The van der Waals surface area contributed by atoms with E-state index in [0.717, 1.165) is 15.3 Å². The van der Waals surface area contributed by atoms with Crippen molar-refractivity contribution in [2.45, 2.75) is 40.0 Å². The van der Waals surface area contributed by atoms with Crippen LogP contribution in [0.2, 0.25) is 0 Å². The second-order valence-electron chi connectivity index (χ2n) is 6.56. The highest BCUT2D eigenvalue weighted by Gasteiger charge is 2.15. The third-order valence-electron chi connectivity index (χ3n) is 3.59. The Hall–Kier alpha value is -2.14. The standard InChI is InChI=1S/C18H22N2O2S/c1-11-10-15(12(2)23-11)17(22)20-19-16(21)13-6-8-14(9-7-13)18(3,4)5/h6-10H,1-5H3,(H,19,21)(H,20,22). The van der Waals surface area contributed by atoms with Crippen molar-refractivity contribution in [3.8, 4) is 0 Å². The zero-order valence-electron chi connectivity index (χ0n) is 14.1. The third-order valence-corrected chi connectivity index (χ3v) is 4.55. The van der Waals surface area contributed by atoms with Crippen LogP contribution in [-0.4, -0.2) is 11.8 Å². The second kappa shape index (κ2) is 6.54. The zero-order chi connectivity index (χ0) is 17.2. The molecular formula is C18H22N2O2S. The lowest BCUT2D eigenvalue weighted by Gasteiger charge is -2.19. The van der Waals surface area contributed by atoms with Gasteiger partial charge >= 0.3 is 0 Å². The Morgan fingerprint density at radius 2 is 1.52 bits per heavy atom. The Labute approximate surface area is 140 Å². The van der Waals surface area contributed by atoms with Gasteiger partial charge in [0.2, 0.25) is 0 Å². The van der Waals surface area contributed by atoms with Crippen molar-refractivity contribution in [1.82, 2.24) is 10.9 Å². The molecule has 0 aliphatic rings. The van der Waals surface area contributed by atoms with Gasteiger partial charge in [0, 0.05) is 15.3 Å². The van der Waals surface area contributed by atoms with Crippen molar-refractivity contribution in [1.29, 1.82) is 0 Å². The summed E-state index contributed by atoms with van der Waals surface area (Å²) in [5, 5.41) is 0. The minimum Gasteiger partial charge on any atom is -0.267 e. The van der Waals surface area contributed by atoms with Gasteiger partial charge in [0.1, 0.15) is 0 Å². The van der Waals surface area contributed by atoms with Gasteiger partial charge < -0.3 is 0 Å². The number of nitrogens with one attached hydrogen (secondary N) is 2. The van der Waals surface area contributed by atoms with Crippen LogP contribution in [0.3, 0.4) is 0 Å². The molecule has 0 aliphatic heterocycles. The molecule has 5 heteroatoms. The third kappa shape index (κ3) is 4.20. The van der Waals surface area contributed by atoms with Crippen molar-refractivity contribution >= 4 is 23.2 Å². The molecule has 1 heterocycles. The number of carbonyl (C=O) groups excluding carboxylic acids is 2. The number of thiophene rings is 1. The van der Waals surface area contributed by atoms with Gasteiger partial charge in [-0.05, 0) is 43.0 Å². The number of hydrazine groups is 1. The maximum Gasteiger partial charge on any atom is 0.270 e. The van der Waals surface area contributed by atoms with Crippen LogP contribution in [-0.2, 0) is 5.41 Å². The van der Waals surface area contributed by atoms with Gasteiger partial charge in [0.15, 0.2) is 0 Å². The number of benzene rings is 1. The smallest absolute Gasteiger partial charge is 0.267 e. The van der Waals surface area contributed by atoms with Crippen LogP contribution in [0.4, 0.5) is 0 Å². The lowest BCUT2D eigenvalue weighted by atomic mass is 9.87. The molecule has 2 N–H and O–H groups in total. The first-order valence-electron chi connectivity index (χ1n) is 7.47. The fourth-order valence-electron chi connectivity index (χ4n) is 2.23. The summed E-state index contributed by atoms with van der Waals surface area (Å²) in [6.45, 7) is 10.2. The average Bonchev–Trinajstić information content (AvgIpc) is 2.82. The predicted octanol–water partition coefficient (Wildman–Crippen LogP) is 3.74. The van der Waals surface area contributed by atoms with E-state index in [9.17, 15) is 9.59 Å². The van der Waals surface area contributed by atoms with E-state index in [1.165, 1.54) is 0 Å². The Balaban J connectivity index is 2.00. The van der Waals surface area contributed by atoms with E-state index < -0.39 is 0 Å². The van der Waals surface area contributed by atoms with Crippen molar-refractivity contribution < 1.29 is 9.59 Å². The summed E-state index contributed by atoms with van der Waals surface area (Å²) in [5.41, 5.74) is 7.22. The molecule has 0 saturated heterocycles. The number of hydrogen-bond acceptors (Lipinski definition) is 3. The summed E-state index contributed by atoms with van der Waals surface area (Å²) in [6.07, 6.45) is 0. The molecule has 23 heavy (non-hydrogen) atoms. The summed E-state index contributed by atoms with van der Waals surface area (Å²) in [6, 6.07) is 9.22. The molecule has 2 aromatic rings. The molecular weight excluding hydrogens is 308 g/mol. The second-order valence-corrected chi connectivity index (χ2v) is 8.02. The summed E-state index contributed by atoms with van der Waals surface area (Å²) in [4.78, 5) is 26.2. The van der Waals surface area contributed by atoms with E-state index in [1.807, 2.05) is 32.0 Å². The largest absolute Gasteiger partial charge is 0.270 e. The molecule has 4 nitrogen and oxygen atoms in total. The average molecular weight is 330 g/mol. The van der Waals surface area contributed by atoms with Gasteiger partial charge in [0.05, 0.1) is 5.56 Å². The van der Waals surface area contributed by atoms with Gasteiger partial charge in [0.25, 0.3) is 11.8 Å². The number of amides is 2. The molecule has 0 atom stereocenters. The van der Waals surface area contributed by atoms with Crippen LogP contribution in [0.1, 0.15) is 56.8 Å². The Morgan fingerprint density at radius 1 is 0.957 bits per heavy atom. The van der Waals surface area contributed by atoms with Crippen LogP contribution in [0.5, 0.6) is 0 Å². The van der Waals surface area contributed by atoms with Gasteiger partial charge in [-0.15, -0.1) is 11.3 Å². The molecule has 122 valence electrons. The first kappa shape index (κ1) is 17.2. The van der Waals surface area contributed by atoms with Crippen molar-refractivity contribution in [2.75, 3.05) is 0 Å². The number of aryl methyl sites for hydroxylation is 2. The highest BCUT2D eigenvalue weighted by molar-refractivity contribution is 7.12. The maximum absolute atomic E-state index is 12.1. The fraction of sp³-hybridized carbons (Fsp3) is 0.333. The van der Waals surface area contributed by atoms with Crippen LogP contribution < -0.4 is 10.9 Å². The summed E-state index contributed by atoms with van der Waals surface area (Å²) in [7, 11) is 0. The van der Waals surface area contributed by atoms with Gasteiger partial charge in [-0.2, -0.15) is 0 Å². The molecule has 1 aromatic carbocycles. The molecule has 2 amide bonds. The minimum atomic E-state index is -0.330. The molecule has 0 spiro atoms. The quantitative estimate of drug-likeness (QED) is 0.824.